The Hall–Kier alpha value is -2.27. The first kappa shape index (κ1) is 28.0. The van der Waals surface area contributed by atoms with E-state index in [0.29, 0.717) is 18.1 Å². The number of hydrogen-bond acceptors (Lipinski definition) is 4. The van der Waals surface area contributed by atoms with Gasteiger partial charge in [0.2, 0.25) is 0 Å². The molecule has 1 amide bonds. The fourth-order valence-corrected chi connectivity index (χ4v) is 3.98. The molecule has 1 atom stereocenters. The van der Waals surface area contributed by atoms with Gasteiger partial charge in [-0.05, 0) is 68.1 Å². The highest BCUT2D eigenvalue weighted by Crippen LogP contribution is 2.24. The molecule has 0 aliphatic carbocycles. The molecule has 190 valence electrons. The number of nitrogens with one attached hydrogen (secondary N) is 1. The molecular weight excluding hydrogens is 424 g/mol. The van der Waals surface area contributed by atoms with Gasteiger partial charge in [0.15, 0.2) is 5.76 Å². The molecule has 1 aromatic carbocycles. The van der Waals surface area contributed by atoms with Crippen molar-refractivity contribution in [3.8, 4) is 5.75 Å². The van der Waals surface area contributed by atoms with Gasteiger partial charge in [0.25, 0.3) is 5.91 Å². The first-order valence-corrected chi connectivity index (χ1v) is 13.1. The molecule has 1 N–H and O–H groups in total. The summed E-state index contributed by atoms with van der Waals surface area (Å²) in [6.07, 6.45) is 7.38. The minimum atomic E-state index is -0.171. The second-order valence-corrected chi connectivity index (χ2v) is 10.4. The summed E-state index contributed by atoms with van der Waals surface area (Å²) in [6.45, 7) is 16.4. The predicted octanol–water partition coefficient (Wildman–Crippen LogP) is 6.96. The number of hydrogen-bond donors (Lipinski definition) is 1. The summed E-state index contributed by atoms with van der Waals surface area (Å²) in [6, 6.07) is 11.7. The molecule has 0 aliphatic heterocycles. The molecule has 0 saturated carbocycles. The van der Waals surface area contributed by atoms with Gasteiger partial charge >= 0.3 is 0 Å². The average molecular weight is 471 g/mol. The third-order valence-corrected chi connectivity index (χ3v) is 6.05. The largest absolute Gasteiger partial charge is 0.486 e. The first-order chi connectivity index (χ1) is 16.2. The highest BCUT2D eigenvalue weighted by molar-refractivity contribution is 5.91. The summed E-state index contributed by atoms with van der Waals surface area (Å²) in [7, 11) is 0. The molecule has 2 rings (SSSR count). The van der Waals surface area contributed by atoms with Crippen LogP contribution < -0.4 is 10.1 Å². The quantitative estimate of drug-likeness (QED) is 0.286. The number of nitrogens with zero attached hydrogens (tertiary/aromatic N) is 1. The molecule has 0 bridgehead atoms. The van der Waals surface area contributed by atoms with E-state index in [-0.39, 0.29) is 17.4 Å². The molecule has 0 aliphatic rings. The molecule has 1 aromatic heterocycles. The summed E-state index contributed by atoms with van der Waals surface area (Å²) in [5.41, 5.74) is 1.38. The van der Waals surface area contributed by atoms with E-state index in [1.54, 1.807) is 6.07 Å². The highest BCUT2D eigenvalue weighted by atomic mass is 16.5. The molecule has 2 aromatic rings. The molecule has 5 heteroatoms. The maximum absolute atomic E-state index is 12.7. The second-order valence-electron chi connectivity index (χ2n) is 10.4. The molecule has 0 saturated heterocycles. The third-order valence-electron chi connectivity index (χ3n) is 6.05. The Morgan fingerprint density at radius 1 is 0.971 bits per heavy atom. The summed E-state index contributed by atoms with van der Waals surface area (Å²) in [5, 5.41) is 3.10. The van der Waals surface area contributed by atoms with Gasteiger partial charge in [-0.25, -0.2) is 0 Å². The Kier molecular flexibility index (Phi) is 11.7. The Morgan fingerprint density at radius 2 is 1.59 bits per heavy atom. The standard InChI is InChI=1S/C29H46N2O3/c1-7-9-11-19-31(20-12-10-8-2)21-23(3)30-28(32)27-18-17-26(34-27)22-33-25-15-13-24(14-16-25)29(4,5)6/h13-18,23H,7-12,19-22H2,1-6H3,(H,30,32). The molecule has 0 fully saturated rings. The van der Waals surface area contributed by atoms with Crippen molar-refractivity contribution in [2.45, 2.75) is 98.1 Å². The lowest BCUT2D eigenvalue weighted by atomic mass is 9.87. The number of ether oxygens (including phenoxy) is 1. The minimum absolute atomic E-state index is 0.0573. The fraction of sp³-hybridized carbons (Fsp3) is 0.621. The lowest BCUT2D eigenvalue weighted by Crippen LogP contribution is -2.42. The van der Waals surface area contributed by atoms with Gasteiger partial charge in [0.1, 0.15) is 18.1 Å². The maximum atomic E-state index is 12.7. The molecule has 34 heavy (non-hydrogen) atoms. The lowest BCUT2D eigenvalue weighted by Gasteiger charge is -2.26. The number of amides is 1. The van der Waals surface area contributed by atoms with Gasteiger partial charge < -0.3 is 19.4 Å². The number of carbonyl (C=O) groups excluding carboxylic acids is 1. The van der Waals surface area contributed by atoms with E-state index in [1.807, 2.05) is 18.2 Å². The average Bonchev–Trinajstić information content (AvgIpc) is 3.27. The molecule has 0 spiro atoms. The van der Waals surface area contributed by atoms with Gasteiger partial charge in [-0.1, -0.05) is 72.4 Å². The zero-order chi connectivity index (χ0) is 25.0. The van der Waals surface area contributed by atoms with E-state index >= 15 is 0 Å². The van der Waals surface area contributed by atoms with Gasteiger partial charge in [-0.3, -0.25) is 4.79 Å². The van der Waals surface area contributed by atoms with Crippen molar-refractivity contribution >= 4 is 5.91 Å². The number of unbranched alkanes of at least 4 members (excludes halogenated alkanes) is 4. The SMILES string of the molecule is CCCCCN(CCCCC)CC(C)NC(=O)c1ccc(COc2ccc(C(C)(C)C)cc2)o1. The Labute approximate surface area is 207 Å². The van der Waals surface area contributed by atoms with Crippen LogP contribution in [0.1, 0.15) is 102 Å². The normalized spacial score (nSPS) is 12.7. The van der Waals surface area contributed by atoms with E-state index in [4.69, 9.17) is 9.15 Å². The molecule has 1 heterocycles. The fourth-order valence-electron chi connectivity index (χ4n) is 3.98. The van der Waals surface area contributed by atoms with Crippen molar-refractivity contribution in [1.82, 2.24) is 10.2 Å². The van der Waals surface area contributed by atoms with Crippen molar-refractivity contribution in [2.24, 2.45) is 0 Å². The third kappa shape index (κ3) is 9.92. The first-order valence-electron chi connectivity index (χ1n) is 13.1. The number of furan rings is 1. The topological polar surface area (TPSA) is 54.7 Å². The van der Waals surface area contributed by atoms with Crippen LogP contribution in [0.15, 0.2) is 40.8 Å². The van der Waals surface area contributed by atoms with Gasteiger partial charge in [0.05, 0.1) is 0 Å². The van der Waals surface area contributed by atoms with Crippen molar-refractivity contribution in [3.63, 3.8) is 0 Å². The monoisotopic (exact) mass is 470 g/mol. The van der Waals surface area contributed by atoms with Crippen LogP contribution in [0, 0.1) is 0 Å². The molecule has 0 radical (unpaired) electrons. The van der Waals surface area contributed by atoms with Gasteiger partial charge in [-0.15, -0.1) is 0 Å². The highest BCUT2D eigenvalue weighted by Gasteiger charge is 2.17. The van der Waals surface area contributed by atoms with Crippen LogP contribution in [-0.2, 0) is 12.0 Å². The van der Waals surface area contributed by atoms with Crippen molar-refractivity contribution in [1.29, 1.82) is 0 Å². The van der Waals surface area contributed by atoms with Crippen LogP contribution in [-0.4, -0.2) is 36.5 Å². The van der Waals surface area contributed by atoms with E-state index in [9.17, 15) is 4.79 Å². The summed E-state index contributed by atoms with van der Waals surface area (Å²) in [4.78, 5) is 15.2. The molecule has 5 nitrogen and oxygen atoms in total. The summed E-state index contributed by atoms with van der Waals surface area (Å²) >= 11 is 0. The number of carbonyl (C=O) groups is 1. The summed E-state index contributed by atoms with van der Waals surface area (Å²) < 4.78 is 11.6. The Morgan fingerprint density at radius 3 is 2.15 bits per heavy atom. The number of benzene rings is 1. The van der Waals surface area contributed by atoms with Crippen LogP contribution in [0.3, 0.4) is 0 Å². The minimum Gasteiger partial charge on any atom is -0.486 e. The van der Waals surface area contributed by atoms with Crippen LogP contribution in [0.5, 0.6) is 5.75 Å². The van der Waals surface area contributed by atoms with Crippen LogP contribution in [0.2, 0.25) is 0 Å². The van der Waals surface area contributed by atoms with Crippen LogP contribution >= 0.6 is 0 Å². The van der Waals surface area contributed by atoms with E-state index in [0.717, 1.165) is 25.4 Å². The molecular formula is C29H46N2O3. The number of rotatable bonds is 15. The zero-order valence-electron chi connectivity index (χ0n) is 22.3. The Bertz CT molecular complexity index is 826. The van der Waals surface area contributed by atoms with Crippen LogP contribution in [0.4, 0.5) is 0 Å². The van der Waals surface area contributed by atoms with Crippen molar-refractivity contribution in [3.05, 3.63) is 53.5 Å². The summed E-state index contributed by atoms with van der Waals surface area (Å²) in [5.74, 6) is 1.58. The molecule has 1 unspecified atom stereocenters. The lowest BCUT2D eigenvalue weighted by molar-refractivity contribution is 0.0896. The predicted molar refractivity (Wildman–Crippen MR) is 141 cm³/mol. The maximum Gasteiger partial charge on any atom is 0.287 e. The smallest absolute Gasteiger partial charge is 0.287 e. The van der Waals surface area contributed by atoms with Crippen molar-refractivity contribution in [2.75, 3.05) is 19.6 Å². The zero-order valence-corrected chi connectivity index (χ0v) is 22.3. The van der Waals surface area contributed by atoms with Crippen molar-refractivity contribution < 1.29 is 13.9 Å². The van der Waals surface area contributed by atoms with E-state index in [1.165, 1.54) is 44.1 Å². The Balaban J connectivity index is 1.83. The van der Waals surface area contributed by atoms with Crippen LogP contribution in [0.25, 0.3) is 0 Å². The van der Waals surface area contributed by atoms with Gasteiger partial charge in [-0.2, -0.15) is 0 Å². The van der Waals surface area contributed by atoms with E-state index in [2.05, 4.69) is 63.9 Å². The van der Waals surface area contributed by atoms with Gasteiger partial charge in [0, 0.05) is 12.6 Å². The van der Waals surface area contributed by atoms with E-state index < -0.39 is 0 Å². The second kappa shape index (κ2) is 14.2.